The summed E-state index contributed by atoms with van der Waals surface area (Å²) in [4.78, 5) is 36.4. The highest BCUT2D eigenvalue weighted by molar-refractivity contribution is 5.93. The number of hydrogen-bond donors (Lipinski definition) is 0. The molecule has 3 aliphatic carbocycles. The van der Waals surface area contributed by atoms with Crippen LogP contribution < -0.4 is 0 Å². The number of rotatable bonds is 1. The summed E-state index contributed by atoms with van der Waals surface area (Å²) in [7, 11) is 0. The third-order valence-corrected chi connectivity index (χ3v) is 7.12. The molecule has 0 saturated heterocycles. The van der Waals surface area contributed by atoms with Crippen molar-refractivity contribution < 1.29 is 19.1 Å². The molecule has 4 heteroatoms. The molecule has 4 atom stereocenters. The summed E-state index contributed by atoms with van der Waals surface area (Å²) in [5.74, 6) is 0.259. The molecule has 0 radical (unpaired) electrons. The lowest BCUT2D eigenvalue weighted by Crippen LogP contribution is -2.57. The lowest BCUT2D eigenvalue weighted by Gasteiger charge is -2.60. The van der Waals surface area contributed by atoms with Crippen molar-refractivity contribution in [1.82, 2.24) is 0 Å². The van der Waals surface area contributed by atoms with Gasteiger partial charge in [0.2, 0.25) is 0 Å². The molecule has 0 bridgehead atoms. The molecule has 2 fully saturated rings. The van der Waals surface area contributed by atoms with Gasteiger partial charge in [-0.25, -0.2) is 0 Å². The van der Waals surface area contributed by atoms with Crippen molar-refractivity contribution >= 4 is 17.5 Å². The van der Waals surface area contributed by atoms with Crippen LogP contribution in [-0.4, -0.2) is 23.6 Å². The van der Waals surface area contributed by atoms with Crippen LogP contribution in [0.4, 0.5) is 0 Å². The molecule has 0 spiro atoms. The van der Waals surface area contributed by atoms with E-state index in [0.717, 1.165) is 24.8 Å². The Kier molecular flexibility index (Phi) is 3.82. The van der Waals surface area contributed by atoms with E-state index in [4.69, 9.17) is 4.74 Å². The van der Waals surface area contributed by atoms with Gasteiger partial charge in [0, 0.05) is 30.6 Å². The molecule has 0 N–H and O–H groups in total. The number of carbonyl (C=O) groups is 3. The maximum absolute atomic E-state index is 12.5. The fourth-order valence-electron chi connectivity index (χ4n) is 5.76. The van der Waals surface area contributed by atoms with Crippen molar-refractivity contribution in [1.29, 1.82) is 0 Å². The Hall–Kier alpha value is -1.45. The highest BCUT2D eigenvalue weighted by Crippen LogP contribution is 2.65. The minimum Gasteiger partial charge on any atom is -0.461 e. The molecule has 0 aromatic carbocycles. The van der Waals surface area contributed by atoms with Gasteiger partial charge in [-0.05, 0) is 36.7 Å². The third kappa shape index (κ3) is 2.29. The minimum atomic E-state index is -0.388. The standard InChI is InChI=1S/C20H28O4/c1-12(21)24-17-11-13(22)10-15-19(4)9-7-16(23)18(2,3)14(19)6-8-20(15,17)5/h10,14,17H,6-9,11H2,1-5H3/t14-,17+,19-,20+/m0/s1. The number of fused-ring (bicyclic) bond motifs is 3. The van der Waals surface area contributed by atoms with E-state index in [0.29, 0.717) is 12.2 Å². The topological polar surface area (TPSA) is 60.4 Å². The monoisotopic (exact) mass is 332 g/mol. The average Bonchev–Trinajstić information content (AvgIpc) is 2.45. The van der Waals surface area contributed by atoms with Gasteiger partial charge in [0.15, 0.2) is 5.78 Å². The van der Waals surface area contributed by atoms with Gasteiger partial charge in [-0.2, -0.15) is 0 Å². The Balaban J connectivity index is 2.08. The predicted octanol–water partition coefficient (Wildman–Crippen LogP) is 3.63. The lowest BCUT2D eigenvalue weighted by molar-refractivity contribution is -0.159. The van der Waals surface area contributed by atoms with Crippen LogP contribution in [0, 0.1) is 22.2 Å². The Labute approximate surface area is 144 Å². The van der Waals surface area contributed by atoms with Crippen molar-refractivity contribution in [2.45, 2.75) is 72.8 Å². The summed E-state index contributed by atoms with van der Waals surface area (Å²) in [5.41, 5.74) is 0.251. The largest absolute Gasteiger partial charge is 0.461 e. The number of hydrogen-bond acceptors (Lipinski definition) is 4. The molecule has 0 heterocycles. The van der Waals surface area contributed by atoms with Crippen molar-refractivity contribution in [3.63, 3.8) is 0 Å². The summed E-state index contributed by atoms with van der Waals surface area (Å²) in [6.45, 7) is 9.84. The first-order valence-electron chi connectivity index (χ1n) is 8.98. The Morgan fingerprint density at radius 1 is 1.12 bits per heavy atom. The van der Waals surface area contributed by atoms with Gasteiger partial charge in [-0.1, -0.05) is 33.3 Å². The molecule has 0 unspecified atom stereocenters. The maximum atomic E-state index is 12.5. The zero-order chi connectivity index (χ0) is 17.9. The molecule has 0 aromatic rings. The summed E-state index contributed by atoms with van der Waals surface area (Å²) in [5, 5.41) is 0. The van der Waals surface area contributed by atoms with Gasteiger partial charge in [-0.15, -0.1) is 0 Å². The molecule has 2 saturated carbocycles. The zero-order valence-corrected chi connectivity index (χ0v) is 15.4. The first-order chi connectivity index (χ1) is 11.0. The van der Waals surface area contributed by atoms with E-state index in [1.54, 1.807) is 6.08 Å². The van der Waals surface area contributed by atoms with Gasteiger partial charge < -0.3 is 4.74 Å². The Bertz CT molecular complexity index is 644. The van der Waals surface area contributed by atoms with E-state index < -0.39 is 0 Å². The van der Waals surface area contributed by atoms with Gasteiger partial charge in [0.1, 0.15) is 11.9 Å². The second-order valence-electron chi connectivity index (χ2n) is 8.90. The molecule has 132 valence electrons. The zero-order valence-electron chi connectivity index (χ0n) is 15.4. The molecule has 0 amide bonds. The van der Waals surface area contributed by atoms with E-state index in [-0.39, 0.29) is 46.4 Å². The van der Waals surface area contributed by atoms with Crippen LogP contribution in [0.15, 0.2) is 11.6 Å². The average molecular weight is 332 g/mol. The molecule has 0 aromatic heterocycles. The predicted molar refractivity (Wildman–Crippen MR) is 90.2 cm³/mol. The normalized spacial score (nSPS) is 41.1. The van der Waals surface area contributed by atoms with Crippen LogP contribution >= 0.6 is 0 Å². The highest BCUT2D eigenvalue weighted by Gasteiger charge is 2.61. The van der Waals surface area contributed by atoms with Gasteiger partial charge in [0.25, 0.3) is 0 Å². The van der Waals surface area contributed by atoms with Gasteiger partial charge >= 0.3 is 5.97 Å². The van der Waals surface area contributed by atoms with Gasteiger partial charge in [-0.3, -0.25) is 14.4 Å². The number of esters is 1. The molecule has 3 aliphatic rings. The number of ether oxygens (including phenoxy) is 1. The fraction of sp³-hybridized carbons (Fsp3) is 0.750. The highest BCUT2D eigenvalue weighted by atomic mass is 16.5. The van der Waals surface area contributed by atoms with Crippen molar-refractivity contribution in [2.75, 3.05) is 0 Å². The van der Waals surface area contributed by atoms with E-state index >= 15 is 0 Å². The fourth-order valence-corrected chi connectivity index (χ4v) is 5.76. The van der Waals surface area contributed by atoms with E-state index in [2.05, 4.69) is 27.7 Å². The summed E-state index contributed by atoms with van der Waals surface area (Å²) >= 11 is 0. The molecular formula is C20H28O4. The number of Topliss-reactive ketones (excluding diaryl/α,β-unsaturated/α-hetero) is 1. The number of ketones is 2. The first-order valence-corrected chi connectivity index (χ1v) is 8.98. The second-order valence-corrected chi connectivity index (χ2v) is 8.90. The van der Waals surface area contributed by atoms with Crippen molar-refractivity contribution in [2.24, 2.45) is 22.2 Å². The second kappa shape index (κ2) is 5.27. The Morgan fingerprint density at radius 3 is 2.42 bits per heavy atom. The smallest absolute Gasteiger partial charge is 0.302 e. The summed E-state index contributed by atoms with van der Waals surface area (Å²) in [6.07, 6.45) is 4.79. The van der Waals surface area contributed by atoms with E-state index in [1.807, 2.05) is 0 Å². The van der Waals surface area contributed by atoms with Crippen LogP contribution in [0.25, 0.3) is 0 Å². The summed E-state index contributed by atoms with van der Waals surface area (Å²) < 4.78 is 5.56. The SMILES string of the molecule is CC(=O)O[C@@H]1CC(=O)C=C2[C@@]1(C)CC[C@H]1C(C)(C)C(=O)CC[C@]21C. The van der Waals surface area contributed by atoms with Crippen LogP contribution in [-0.2, 0) is 19.1 Å². The van der Waals surface area contributed by atoms with Gasteiger partial charge in [0.05, 0.1) is 0 Å². The third-order valence-electron chi connectivity index (χ3n) is 7.12. The van der Waals surface area contributed by atoms with Crippen molar-refractivity contribution in [3.8, 4) is 0 Å². The summed E-state index contributed by atoms with van der Waals surface area (Å²) in [6, 6.07) is 0. The molecule has 4 nitrogen and oxygen atoms in total. The van der Waals surface area contributed by atoms with E-state index in [1.165, 1.54) is 6.92 Å². The molecule has 0 aliphatic heterocycles. The lowest BCUT2D eigenvalue weighted by atomic mass is 9.43. The Morgan fingerprint density at radius 2 is 1.79 bits per heavy atom. The molecule has 3 rings (SSSR count). The quantitative estimate of drug-likeness (QED) is 0.688. The van der Waals surface area contributed by atoms with Crippen LogP contribution in [0.3, 0.4) is 0 Å². The van der Waals surface area contributed by atoms with E-state index in [9.17, 15) is 14.4 Å². The molecule has 24 heavy (non-hydrogen) atoms. The van der Waals surface area contributed by atoms with Crippen molar-refractivity contribution in [3.05, 3.63) is 11.6 Å². The number of allylic oxidation sites excluding steroid dienone is 1. The molecular weight excluding hydrogens is 304 g/mol. The minimum absolute atomic E-state index is 0.0327. The first kappa shape index (κ1) is 17.4. The van der Waals surface area contributed by atoms with Crippen LogP contribution in [0.5, 0.6) is 0 Å². The maximum Gasteiger partial charge on any atom is 0.302 e. The van der Waals surface area contributed by atoms with Crippen LogP contribution in [0.2, 0.25) is 0 Å². The van der Waals surface area contributed by atoms with Crippen LogP contribution in [0.1, 0.15) is 66.7 Å². The number of carbonyl (C=O) groups excluding carboxylic acids is 3.